The topological polar surface area (TPSA) is 97.4 Å². The number of rotatable bonds is 6. The van der Waals surface area contributed by atoms with Gasteiger partial charge in [-0.1, -0.05) is 11.6 Å². The van der Waals surface area contributed by atoms with E-state index in [1.54, 1.807) is 25.1 Å². The van der Waals surface area contributed by atoms with Crippen molar-refractivity contribution in [2.24, 2.45) is 5.73 Å². The first kappa shape index (κ1) is 18.0. The minimum absolute atomic E-state index is 0.00115. The Hall–Kier alpha value is -2.31. The molecule has 0 aliphatic rings. The van der Waals surface area contributed by atoms with E-state index in [0.717, 1.165) is 0 Å². The van der Waals surface area contributed by atoms with Gasteiger partial charge in [0, 0.05) is 17.6 Å². The molecule has 1 heterocycles. The Kier molecular flexibility index (Phi) is 6.00. The maximum Gasteiger partial charge on any atom is 0.259 e. The number of furan rings is 1. The summed E-state index contributed by atoms with van der Waals surface area (Å²) in [7, 11) is 0. The van der Waals surface area contributed by atoms with Crippen LogP contribution in [0.1, 0.15) is 39.8 Å². The van der Waals surface area contributed by atoms with Gasteiger partial charge in [-0.25, -0.2) is 0 Å². The summed E-state index contributed by atoms with van der Waals surface area (Å²) in [5.41, 5.74) is 6.74. The molecule has 4 N–H and O–H groups in total. The Labute approximate surface area is 145 Å². The lowest BCUT2D eigenvalue weighted by molar-refractivity contribution is 0.0953. The van der Waals surface area contributed by atoms with Gasteiger partial charge in [-0.15, -0.1) is 0 Å². The van der Waals surface area contributed by atoms with Crippen LogP contribution in [0.3, 0.4) is 0 Å². The van der Waals surface area contributed by atoms with Crippen LogP contribution in [0.15, 0.2) is 34.9 Å². The highest BCUT2D eigenvalue weighted by atomic mass is 35.5. The zero-order valence-electron chi connectivity index (χ0n) is 13.6. The van der Waals surface area contributed by atoms with Gasteiger partial charge in [-0.05, 0) is 44.5 Å². The number of benzene rings is 1. The molecule has 1 aromatic carbocycles. The smallest absolute Gasteiger partial charge is 0.259 e. The monoisotopic (exact) mass is 349 g/mol. The number of nitrogens with one attached hydrogen (secondary N) is 2. The van der Waals surface area contributed by atoms with Crippen molar-refractivity contribution in [3.63, 3.8) is 0 Å². The van der Waals surface area contributed by atoms with Gasteiger partial charge >= 0.3 is 0 Å². The summed E-state index contributed by atoms with van der Waals surface area (Å²) >= 11 is 5.99. The van der Waals surface area contributed by atoms with E-state index >= 15 is 0 Å². The lowest BCUT2D eigenvalue weighted by atomic mass is 10.1. The summed E-state index contributed by atoms with van der Waals surface area (Å²) < 4.78 is 5.12. The summed E-state index contributed by atoms with van der Waals surface area (Å²) in [5.74, 6) is -0.169. The van der Waals surface area contributed by atoms with E-state index in [9.17, 15) is 9.59 Å². The number of amides is 2. The zero-order chi connectivity index (χ0) is 17.7. The second kappa shape index (κ2) is 7.99. The molecule has 128 valence electrons. The van der Waals surface area contributed by atoms with Gasteiger partial charge < -0.3 is 20.8 Å². The zero-order valence-corrected chi connectivity index (χ0v) is 14.3. The van der Waals surface area contributed by atoms with E-state index < -0.39 is 0 Å². The maximum absolute atomic E-state index is 12.3. The first-order valence-electron chi connectivity index (χ1n) is 7.57. The van der Waals surface area contributed by atoms with Crippen LogP contribution in [0, 0.1) is 6.92 Å². The molecule has 6 nitrogen and oxygen atoms in total. The predicted molar refractivity (Wildman–Crippen MR) is 93.4 cm³/mol. The summed E-state index contributed by atoms with van der Waals surface area (Å²) in [5, 5.41) is 5.90. The van der Waals surface area contributed by atoms with Crippen molar-refractivity contribution in [3.8, 4) is 0 Å². The molecule has 0 aliphatic carbocycles. The lowest BCUT2D eigenvalue weighted by Crippen LogP contribution is -2.29. The predicted octanol–water partition coefficient (Wildman–Crippen LogP) is 2.96. The van der Waals surface area contributed by atoms with Gasteiger partial charge in [0.2, 0.25) is 0 Å². The van der Waals surface area contributed by atoms with Gasteiger partial charge in [0.05, 0.1) is 23.1 Å². The number of nitrogens with two attached hydrogens (primary N) is 1. The van der Waals surface area contributed by atoms with Crippen LogP contribution in [-0.4, -0.2) is 24.4 Å². The Balaban J connectivity index is 2.17. The third-order valence-corrected chi connectivity index (χ3v) is 3.70. The molecule has 0 spiro atoms. The minimum Gasteiger partial charge on any atom is -0.469 e. The van der Waals surface area contributed by atoms with Crippen molar-refractivity contribution in [1.29, 1.82) is 0 Å². The second-order valence-corrected chi connectivity index (χ2v) is 5.99. The molecule has 1 aromatic heterocycles. The number of aryl methyl sites for hydroxylation is 1. The normalized spacial score (nSPS) is 11.8. The number of carbonyl (C=O) groups excluding carboxylic acids is 2. The average Bonchev–Trinajstić information content (AvgIpc) is 2.93. The Morgan fingerprint density at radius 3 is 2.62 bits per heavy atom. The number of carbonyl (C=O) groups is 2. The highest BCUT2D eigenvalue weighted by Crippen LogP contribution is 2.22. The molecule has 24 heavy (non-hydrogen) atoms. The van der Waals surface area contributed by atoms with Crippen molar-refractivity contribution in [3.05, 3.63) is 52.4 Å². The molecule has 7 heteroatoms. The first-order chi connectivity index (χ1) is 11.4. The minimum atomic E-state index is -0.367. The number of hydrogen-bond donors (Lipinski definition) is 3. The van der Waals surface area contributed by atoms with E-state index in [0.29, 0.717) is 40.6 Å². The lowest BCUT2D eigenvalue weighted by Gasteiger charge is -2.12. The molecule has 0 saturated heterocycles. The maximum atomic E-state index is 12.3. The number of halogens is 1. The summed E-state index contributed by atoms with van der Waals surface area (Å²) in [4.78, 5) is 24.7. The number of anilines is 1. The first-order valence-corrected chi connectivity index (χ1v) is 7.95. The summed E-state index contributed by atoms with van der Waals surface area (Å²) in [6, 6.07) is 6.27. The SMILES string of the molecule is Cc1occc1C(=O)Nc1cc(Cl)ccc1C(=O)NCCC(C)N. The van der Waals surface area contributed by atoms with Gasteiger partial charge in [0.1, 0.15) is 5.76 Å². The van der Waals surface area contributed by atoms with Crippen molar-refractivity contribution >= 4 is 29.1 Å². The Morgan fingerprint density at radius 2 is 2.00 bits per heavy atom. The second-order valence-electron chi connectivity index (χ2n) is 5.56. The fraction of sp³-hybridized carbons (Fsp3) is 0.294. The molecular weight excluding hydrogens is 330 g/mol. The highest BCUT2D eigenvalue weighted by Gasteiger charge is 2.17. The molecule has 0 aliphatic heterocycles. The van der Waals surface area contributed by atoms with E-state index in [1.807, 2.05) is 6.92 Å². The summed E-state index contributed by atoms with van der Waals surface area (Å²) in [6.45, 7) is 4.01. The molecule has 1 unspecified atom stereocenters. The average molecular weight is 350 g/mol. The van der Waals surface area contributed by atoms with E-state index in [1.165, 1.54) is 12.3 Å². The van der Waals surface area contributed by atoms with Crippen molar-refractivity contribution in [2.45, 2.75) is 26.3 Å². The molecule has 2 rings (SSSR count). The van der Waals surface area contributed by atoms with Crippen LogP contribution < -0.4 is 16.4 Å². The van der Waals surface area contributed by atoms with Crippen molar-refractivity contribution in [2.75, 3.05) is 11.9 Å². The van der Waals surface area contributed by atoms with Crippen LogP contribution in [0.5, 0.6) is 0 Å². The summed E-state index contributed by atoms with van der Waals surface area (Å²) in [6.07, 6.45) is 2.10. The quantitative estimate of drug-likeness (QED) is 0.746. The molecule has 0 fully saturated rings. The standard InChI is InChI=1S/C17H20ClN3O3/c1-10(19)5-7-20-16(22)14-4-3-12(18)9-15(14)21-17(23)13-6-8-24-11(13)2/h3-4,6,8-10H,5,7,19H2,1-2H3,(H,20,22)(H,21,23). The molecular formula is C17H20ClN3O3. The van der Waals surface area contributed by atoms with E-state index in [-0.39, 0.29) is 17.9 Å². The fourth-order valence-corrected chi connectivity index (χ4v) is 2.31. The van der Waals surface area contributed by atoms with Crippen LogP contribution in [-0.2, 0) is 0 Å². The van der Waals surface area contributed by atoms with Crippen LogP contribution in [0.25, 0.3) is 0 Å². The van der Waals surface area contributed by atoms with Crippen LogP contribution in [0.2, 0.25) is 5.02 Å². The molecule has 0 bridgehead atoms. The fourth-order valence-electron chi connectivity index (χ4n) is 2.14. The van der Waals surface area contributed by atoms with Crippen LogP contribution in [0.4, 0.5) is 5.69 Å². The third kappa shape index (κ3) is 4.59. The van der Waals surface area contributed by atoms with Gasteiger partial charge in [-0.2, -0.15) is 0 Å². The van der Waals surface area contributed by atoms with Crippen LogP contribution >= 0.6 is 11.6 Å². The van der Waals surface area contributed by atoms with E-state index in [4.69, 9.17) is 21.8 Å². The number of hydrogen-bond acceptors (Lipinski definition) is 4. The molecule has 2 aromatic rings. The van der Waals surface area contributed by atoms with Gasteiger partial charge in [0.15, 0.2) is 0 Å². The molecule has 2 amide bonds. The highest BCUT2D eigenvalue weighted by molar-refractivity contribution is 6.31. The van der Waals surface area contributed by atoms with Crippen molar-refractivity contribution in [1.82, 2.24) is 5.32 Å². The van der Waals surface area contributed by atoms with Crippen molar-refractivity contribution < 1.29 is 14.0 Å². The van der Waals surface area contributed by atoms with Gasteiger partial charge in [0.25, 0.3) is 11.8 Å². The molecule has 0 radical (unpaired) electrons. The van der Waals surface area contributed by atoms with E-state index in [2.05, 4.69) is 10.6 Å². The Morgan fingerprint density at radius 1 is 1.25 bits per heavy atom. The third-order valence-electron chi connectivity index (χ3n) is 3.46. The molecule has 1 atom stereocenters. The largest absolute Gasteiger partial charge is 0.469 e. The van der Waals surface area contributed by atoms with Gasteiger partial charge in [-0.3, -0.25) is 9.59 Å². The molecule has 0 saturated carbocycles. The Bertz CT molecular complexity index is 740.